The van der Waals surface area contributed by atoms with E-state index in [1.54, 1.807) is 11.3 Å². The largest absolute Gasteiger partial charge is 0.367 e. The summed E-state index contributed by atoms with van der Waals surface area (Å²) in [4.78, 5) is 7.00. The molecule has 0 radical (unpaired) electrons. The third-order valence-corrected chi connectivity index (χ3v) is 6.34. The fourth-order valence-electron chi connectivity index (χ4n) is 4.49. The minimum Gasteiger partial charge on any atom is -0.367 e. The van der Waals surface area contributed by atoms with Crippen LogP contribution in [0.3, 0.4) is 0 Å². The molecule has 2 atom stereocenters. The fourth-order valence-corrected chi connectivity index (χ4v) is 5.53. The number of anilines is 1. The van der Waals surface area contributed by atoms with Crippen molar-refractivity contribution in [3.63, 3.8) is 0 Å². The van der Waals surface area contributed by atoms with Gasteiger partial charge in [-0.05, 0) is 36.1 Å². The van der Waals surface area contributed by atoms with Gasteiger partial charge in [-0.3, -0.25) is 0 Å². The number of rotatable bonds is 2. The van der Waals surface area contributed by atoms with E-state index in [-0.39, 0.29) is 0 Å². The van der Waals surface area contributed by atoms with Gasteiger partial charge in [0.25, 0.3) is 0 Å². The first-order valence-electron chi connectivity index (χ1n) is 8.48. The van der Waals surface area contributed by atoms with Crippen LogP contribution < -0.4 is 4.90 Å². The maximum Gasteiger partial charge on any atom is 0.0543 e. The van der Waals surface area contributed by atoms with Crippen molar-refractivity contribution in [1.29, 1.82) is 0 Å². The van der Waals surface area contributed by atoms with Crippen LogP contribution in [0.5, 0.6) is 0 Å². The second-order valence-corrected chi connectivity index (χ2v) is 8.34. The molecule has 1 fully saturated rings. The number of hydrogen-bond donors (Lipinski definition) is 0. The van der Waals surface area contributed by atoms with Crippen molar-refractivity contribution in [2.24, 2.45) is 5.92 Å². The van der Waals surface area contributed by atoms with Crippen LogP contribution in [-0.2, 0) is 0 Å². The Labute approximate surface area is 132 Å². The molecule has 3 aliphatic heterocycles. The standard InChI is InChI=1S/C18H26N2S/c1-13(2)11-19-9-7-16-15(12-19)14-5-3-6-17-18(14)20(16)8-4-10-21-17/h3,5-6,13,15-16H,4,7-12H2,1-2H3/t15-,16-/m1/s1. The number of nitrogens with zero attached hydrogens (tertiary/aromatic N) is 2. The van der Waals surface area contributed by atoms with Gasteiger partial charge in [-0.25, -0.2) is 0 Å². The zero-order chi connectivity index (χ0) is 14.4. The Balaban J connectivity index is 1.67. The lowest BCUT2D eigenvalue weighted by Gasteiger charge is -2.39. The first-order chi connectivity index (χ1) is 10.2. The molecule has 0 aromatic heterocycles. The number of likely N-dealkylation sites (tertiary alicyclic amines) is 1. The molecule has 3 aliphatic rings. The van der Waals surface area contributed by atoms with Crippen molar-refractivity contribution in [1.82, 2.24) is 4.90 Å². The normalized spacial score (nSPS) is 28.4. The molecular formula is C18H26N2S. The molecule has 4 rings (SSSR count). The van der Waals surface area contributed by atoms with Crippen LogP contribution in [0.4, 0.5) is 5.69 Å². The zero-order valence-electron chi connectivity index (χ0n) is 13.2. The molecule has 2 nitrogen and oxygen atoms in total. The molecule has 0 spiro atoms. The molecule has 1 aromatic carbocycles. The highest BCUT2D eigenvalue weighted by atomic mass is 32.2. The van der Waals surface area contributed by atoms with Crippen molar-refractivity contribution >= 4 is 17.4 Å². The molecule has 3 heterocycles. The van der Waals surface area contributed by atoms with Crippen LogP contribution in [0.1, 0.15) is 38.2 Å². The monoisotopic (exact) mass is 302 g/mol. The molecule has 0 unspecified atom stereocenters. The van der Waals surface area contributed by atoms with Crippen LogP contribution >= 0.6 is 11.8 Å². The highest BCUT2D eigenvalue weighted by molar-refractivity contribution is 7.99. The van der Waals surface area contributed by atoms with E-state index in [4.69, 9.17) is 0 Å². The summed E-state index contributed by atoms with van der Waals surface area (Å²) in [6.45, 7) is 9.75. The van der Waals surface area contributed by atoms with Gasteiger partial charge in [0.1, 0.15) is 0 Å². The van der Waals surface area contributed by atoms with E-state index in [9.17, 15) is 0 Å². The van der Waals surface area contributed by atoms with E-state index in [0.29, 0.717) is 0 Å². The number of benzene rings is 1. The van der Waals surface area contributed by atoms with Crippen LogP contribution in [0.2, 0.25) is 0 Å². The van der Waals surface area contributed by atoms with Crippen molar-refractivity contribution in [2.75, 3.05) is 36.8 Å². The van der Waals surface area contributed by atoms with Gasteiger partial charge in [0.15, 0.2) is 0 Å². The second kappa shape index (κ2) is 5.51. The highest BCUT2D eigenvalue weighted by Gasteiger charge is 2.43. The minimum atomic E-state index is 0.742. The summed E-state index contributed by atoms with van der Waals surface area (Å²) < 4.78 is 0. The number of fused-ring (bicyclic) bond motifs is 3. The maximum absolute atomic E-state index is 2.77. The first kappa shape index (κ1) is 14.0. The quantitative estimate of drug-likeness (QED) is 0.820. The topological polar surface area (TPSA) is 6.48 Å². The fraction of sp³-hybridized carbons (Fsp3) is 0.667. The van der Waals surface area contributed by atoms with Crippen LogP contribution in [0.25, 0.3) is 0 Å². The van der Waals surface area contributed by atoms with Crippen molar-refractivity contribution < 1.29 is 0 Å². The van der Waals surface area contributed by atoms with Gasteiger partial charge < -0.3 is 9.80 Å². The predicted molar refractivity (Wildman–Crippen MR) is 91.6 cm³/mol. The van der Waals surface area contributed by atoms with Crippen LogP contribution in [0, 0.1) is 5.92 Å². The molecule has 114 valence electrons. The molecular weight excluding hydrogens is 276 g/mol. The Morgan fingerprint density at radius 2 is 2.19 bits per heavy atom. The van der Waals surface area contributed by atoms with Crippen molar-refractivity contribution in [3.05, 3.63) is 23.8 Å². The summed E-state index contributed by atoms with van der Waals surface area (Å²) in [5.41, 5.74) is 3.24. The summed E-state index contributed by atoms with van der Waals surface area (Å²) in [5.74, 6) is 2.80. The average molecular weight is 302 g/mol. The lowest BCUT2D eigenvalue weighted by Crippen LogP contribution is -2.47. The smallest absolute Gasteiger partial charge is 0.0543 e. The number of para-hydroxylation sites is 1. The Hall–Kier alpha value is -0.670. The SMILES string of the molecule is CC(C)CN1CC[C@@H]2[C@H](C1)c1cccc3c1N2CCCS3. The van der Waals surface area contributed by atoms with Gasteiger partial charge in [0, 0.05) is 43.0 Å². The Bertz CT molecular complexity index is 528. The van der Waals surface area contributed by atoms with E-state index in [1.807, 2.05) is 0 Å². The molecule has 0 aliphatic carbocycles. The molecule has 0 N–H and O–H groups in total. The zero-order valence-corrected chi connectivity index (χ0v) is 14.0. The van der Waals surface area contributed by atoms with Crippen LogP contribution in [0.15, 0.2) is 23.1 Å². The molecule has 0 amide bonds. The highest BCUT2D eigenvalue weighted by Crippen LogP contribution is 2.50. The minimum absolute atomic E-state index is 0.742. The van der Waals surface area contributed by atoms with Crippen molar-refractivity contribution in [3.8, 4) is 0 Å². The van der Waals surface area contributed by atoms with Gasteiger partial charge in [0.05, 0.1) is 5.69 Å². The van der Waals surface area contributed by atoms with Crippen molar-refractivity contribution in [2.45, 2.75) is 43.5 Å². The van der Waals surface area contributed by atoms with E-state index in [0.717, 1.165) is 17.9 Å². The molecule has 3 heteroatoms. The van der Waals surface area contributed by atoms with E-state index in [1.165, 1.54) is 49.7 Å². The van der Waals surface area contributed by atoms with Gasteiger partial charge in [0.2, 0.25) is 0 Å². The van der Waals surface area contributed by atoms with E-state index < -0.39 is 0 Å². The molecule has 0 saturated carbocycles. The van der Waals surface area contributed by atoms with Gasteiger partial charge in [-0.2, -0.15) is 0 Å². The number of hydrogen-bond acceptors (Lipinski definition) is 3. The first-order valence-corrected chi connectivity index (χ1v) is 9.47. The Morgan fingerprint density at radius 1 is 1.29 bits per heavy atom. The molecule has 1 saturated heterocycles. The second-order valence-electron chi connectivity index (χ2n) is 7.21. The summed E-state index contributed by atoms with van der Waals surface area (Å²) in [5, 5.41) is 0. The van der Waals surface area contributed by atoms with Gasteiger partial charge >= 0.3 is 0 Å². The third kappa shape index (κ3) is 2.39. The van der Waals surface area contributed by atoms with Crippen LogP contribution in [-0.4, -0.2) is 42.9 Å². The number of piperidine rings is 1. The molecule has 21 heavy (non-hydrogen) atoms. The molecule has 1 aromatic rings. The number of thioether (sulfide) groups is 1. The third-order valence-electron chi connectivity index (χ3n) is 5.20. The predicted octanol–water partition coefficient (Wildman–Crippen LogP) is 3.82. The Morgan fingerprint density at radius 3 is 3.05 bits per heavy atom. The lowest BCUT2D eigenvalue weighted by molar-refractivity contribution is 0.175. The maximum atomic E-state index is 2.77. The van der Waals surface area contributed by atoms with E-state index >= 15 is 0 Å². The summed E-state index contributed by atoms with van der Waals surface area (Å²) in [6, 6.07) is 7.80. The van der Waals surface area contributed by atoms with E-state index in [2.05, 4.69) is 53.6 Å². The molecule has 0 bridgehead atoms. The summed E-state index contributed by atoms with van der Waals surface area (Å²) >= 11 is 2.07. The Kier molecular flexibility index (Phi) is 3.66. The van der Waals surface area contributed by atoms with Gasteiger partial charge in [-0.15, -0.1) is 11.8 Å². The average Bonchev–Trinajstić information content (AvgIpc) is 2.63. The summed E-state index contributed by atoms with van der Waals surface area (Å²) in [7, 11) is 0. The lowest BCUT2D eigenvalue weighted by atomic mass is 9.88. The van der Waals surface area contributed by atoms with Gasteiger partial charge in [-0.1, -0.05) is 26.0 Å². The summed E-state index contributed by atoms with van der Waals surface area (Å²) in [6.07, 6.45) is 2.67.